The van der Waals surface area contributed by atoms with Gasteiger partial charge < -0.3 is 5.73 Å². The first-order valence-electron chi connectivity index (χ1n) is 4.91. The Bertz CT molecular complexity index is 162. The number of rotatable bonds is 4. The zero-order valence-corrected chi connectivity index (χ0v) is 8.10. The lowest BCUT2D eigenvalue weighted by atomic mass is 10.1. The van der Waals surface area contributed by atoms with Crippen LogP contribution in [-0.2, 0) is 0 Å². The van der Waals surface area contributed by atoms with Gasteiger partial charge in [0, 0.05) is 6.04 Å². The van der Waals surface area contributed by atoms with Gasteiger partial charge in [-0.25, -0.2) is 8.78 Å². The van der Waals surface area contributed by atoms with E-state index in [0.717, 1.165) is 25.8 Å². The summed E-state index contributed by atoms with van der Waals surface area (Å²) in [6, 6.07) is 0.345. The van der Waals surface area contributed by atoms with E-state index in [1.54, 1.807) is 0 Å². The molecule has 13 heavy (non-hydrogen) atoms. The van der Waals surface area contributed by atoms with Crippen LogP contribution >= 0.6 is 0 Å². The Morgan fingerprint density at radius 1 is 1.54 bits per heavy atom. The molecular weight excluding hydrogens is 174 g/mol. The van der Waals surface area contributed by atoms with Crippen molar-refractivity contribution in [1.82, 2.24) is 4.90 Å². The maximum atomic E-state index is 12.9. The fourth-order valence-electron chi connectivity index (χ4n) is 1.93. The van der Waals surface area contributed by atoms with E-state index < -0.39 is 12.5 Å². The molecule has 1 saturated heterocycles. The SMILES string of the molecule is CCC1CCCN1CC(F)(F)CN. The van der Waals surface area contributed by atoms with E-state index in [4.69, 9.17) is 5.73 Å². The molecule has 78 valence electrons. The van der Waals surface area contributed by atoms with Crippen LogP contribution in [0.1, 0.15) is 26.2 Å². The number of likely N-dealkylation sites (tertiary alicyclic amines) is 1. The minimum atomic E-state index is -2.71. The lowest BCUT2D eigenvalue weighted by molar-refractivity contribution is -0.0268. The summed E-state index contributed by atoms with van der Waals surface area (Å²) in [6.45, 7) is 2.14. The minimum Gasteiger partial charge on any atom is -0.325 e. The summed E-state index contributed by atoms with van der Waals surface area (Å²) < 4.78 is 25.9. The summed E-state index contributed by atoms with van der Waals surface area (Å²) in [4.78, 5) is 1.87. The number of nitrogens with two attached hydrogens (primary N) is 1. The molecule has 1 aliphatic rings. The molecule has 0 saturated carbocycles. The molecule has 1 heterocycles. The van der Waals surface area contributed by atoms with Crippen molar-refractivity contribution < 1.29 is 8.78 Å². The summed E-state index contributed by atoms with van der Waals surface area (Å²) in [5.74, 6) is -2.71. The highest BCUT2D eigenvalue weighted by Gasteiger charge is 2.34. The van der Waals surface area contributed by atoms with Crippen molar-refractivity contribution >= 4 is 0 Å². The van der Waals surface area contributed by atoms with Crippen LogP contribution in [0.3, 0.4) is 0 Å². The molecule has 0 aromatic carbocycles. The second-order valence-electron chi connectivity index (χ2n) is 3.73. The van der Waals surface area contributed by atoms with Crippen LogP contribution in [0.25, 0.3) is 0 Å². The molecule has 0 spiro atoms. The van der Waals surface area contributed by atoms with Gasteiger partial charge in [-0.05, 0) is 25.8 Å². The molecule has 0 amide bonds. The molecule has 0 radical (unpaired) electrons. The van der Waals surface area contributed by atoms with Crippen LogP contribution in [0.5, 0.6) is 0 Å². The van der Waals surface area contributed by atoms with Gasteiger partial charge in [-0.2, -0.15) is 0 Å². The van der Waals surface area contributed by atoms with E-state index in [1.165, 1.54) is 0 Å². The lowest BCUT2D eigenvalue weighted by Gasteiger charge is -2.27. The fraction of sp³-hybridized carbons (Fsp3) is 1.00. The number of nitrogens with zero attached hydrogens (tertiary/aromatic N) is 1. The summed E-state index contributed by atoms with van der Waals surface area (Å²) in [7, 11) is 0. The molecule has 0 bridgehead atoms. The van der Waals surface area contributed by atoms with Gasteiger partial charge in [0.15, 0.2) is 0 Å². The van der Waals surface area contributed by atoms with E-state index in [2.05, 4.69) is 0 Å². The van der Waals surface area contributed by atoms with Crippen molar-refractivity contribution in [2.75, 3.05) is 19.6 Å². The normalized spacial score (nSPS) is 25.4. The van der Waals surface area contributed by atoms with E-state index in [1.807, 2.05) is 11.8 Å². The zero-order chi connectivity index (χ0) is 9.90. The molecule has 1 fully saturated rings. The Labute approximate surface area is 78.1 Å². The van der Waals surface area contributed by atoms with Crippen LogP contribution < -0.4 is 5.73 Å². The molecule has 0 aliphatic carbocycles. The van der Waals surface area contributed by atoms with Crippen LogP contribution in [-0.4, -0.2) is 36.5 Å². The summed E-state index contributed by atoms with van der Waals surface area (Å²) in [5.41, 5.74) is 4.99. The van der Waals surface area contributed by atoms with Crippen molar-refractivity contribution in [2.45, 2.75) is 38.2 Å². The van der Waals surface area contributed by atoms with Gasteiger partial charge in [0.25, 0.3) is 5.92 Å². The Morgan fingerprint density at radius 2 is 2.23 bits per heavy atom. The van der Waals surface area contributed by atoms with Crippen LogP contribution in [0.15, 0.2) is 0 Å². The first kappa shape index (κ1) is 10.9. The standard InChI is InChI=1S/C9H18F2N2/c1-2-8-4-3-5-13(8)7-9(10,11)6-12/h8H,2-7,12H2,1H3. The van der Waals surface area contributed by atoms with Gasteiger partial charge in [-0.15, -0.1) is 0 Å². The third-order valence-corrected chi connectivity index (χ3v) is 2.70. The highest BCUT2D eigenvalue weighted by molar-refractivity contribution is 4.82. The van der Waals surface area contributed by atoms with Gasteiger partial charge in [0.05, 0.1) is 13.1 Å². The van der Waals surface area contributed by atoms with E-state index >= 15 is 0 Å². The third-order valence-electron chi connectivity index (χ3n) is 2.70. The second-order valence-corrected chi connectivity index (χ2v) is 3.73. The van der Waals surface area contributed by atoms with Crippen molar-refractivity contribution in [3.63, 3.8) is 0 Å². The van der Waals surface area contributed by atoms with Crippen LogP contribution in [0.4, 0.5) is 8.78 Å². The van der Waals surface area contributed by atoms with Crippen molar-refractivity contribution in [1.29, 1.82) is 0 Å². The monoisotopic (exact) mass is 192 g/mol. The summed E-state index contributed by atoms with van der Waals surface area (Å²) >= 11 is 0. The number of halogens is 2. The number of hydrogen-bond donors (Lipinski definition) is 1. The van der Waals surface area contributed by atoms with E-state index in [9.17, 15) is 8.78 Å². The maximum absolute atomic E-state index is 12.9. The quantitative estimate of drug-likeness (QED) is 0.730. The molecule has 0 aromatic rings. The Balaban J connectivity index is 2.43. The molecule has 4 heteroatoms. The topological polar surface area (TPSA) is 29.3 Å². The Morgan fingerprint density at radius 3 is 2.77 bits per heavy atom. The Hall–Kier alpha value is -0.220. The summed E-state index contributed by atoms with van der Waals surface area (Å²) in [5, 5.41) is 0. The third kappa shape index (κ3) is 2.88. The van der Waals surface area contributed by atoms with E-state index in [0.29, 0.717) is 6.04 Å². The summed E-state index contributed by atoms with van der Waals surface area (Å²) in [6.07, 6.45) is 3.05. The smallest absolute Gasteiger partial charge is 0.272 e. The van der Waals surface area contributed by atoms with Gasteiger partial charge >= 0.3 is 0 Å². The second kappa shape index (κ2) is 4.33. The van der Waals surface area contributed by atoms with Gasteiger partial charge in [0.1, 0.15) is 0 Å². The van der Waals surface area contributed by atoms with E-state index in [-0.39, 0.29) is 6.54 Å². The van der Waals surface area contributed by atoms with Crippen molar-refractivity contribution in [2.24, 2.45) is 5.73 Å². The molecule has 1 unspecified atom stereocenters. The molecule has 1 atom stereocenters. The first-order valence-corrected chi connectivity index (χ1v) is 4.91. The number of alkyl halides is 2. The predicted octanol–water partition coefficient (Wildman–Crippen LogP) is 1.45. The molecule has 0 aromatic heterocycles. The zero-order valence-electron chi connectivity index (χ0n) is 8.10. The van der Waals surface area contributed by atoms with Crippen LogP contribution in [0.2, 0.25) is 0 Å². The maximum Gasteiger partial charge on any atom is 0.272 e. The van der Waals surface area contributed by atoms with Gasteiger partial charge in [-0.3, -0.25) is 4.90 Å². The largest absolute Gasteiger partial charge is 0.325 e. The van der Waals surface area contributed by atoms with Crippen molar-refractivity contribution in [3.05, 3.63) is 0 Å². The average Bonchev–Trinajstić information content (AvgIpc) is 2.51. The van der Waals surface area contributed by atoms with Gasteiger partial charge in [0.2, 0.25) is 0 Å². The molecule has 1 rings (SSSR count). The number of hydrogen-bond acceptors (Lipinski definition) is 2. The van der Waals surface area contributed by atoms with Gasteiger partial charge in [-0.1, -0.05) is 6.92 Å². The predicted molar refractivity (Wildman–Crippen MR) is 48.9 cm³/mol. The van der Waals surface area contributed by atoms with Crippen LogP contribution in [0, 0.1) is 0 Å². The van der Waals surface area contributed by atoms with Crippen molar-refractivity contribution in [3.8, 4) is 0 Å². The minimum absolute atomic E-state index is 0.165. The first-order chi connectivity index (χ1) is 6.09. The average molecular weight is 192 g/mol. The molecule has 1 aliphatic heterocycles. The highest BCUT2D eigenvalue weighted by atomic mass is 19.3. The molecular formula is C9H18F2N2. The molecule has 2 N–H and O–H groups in total. The highest BCUT2D eigenvalue weighted by Crippen LogP contribution is 2.23. The lowest BCUT2D eigenvalue weighted by Crippen LogP contribution is -2.43. The Kier molecular flexibility index (Phi) is 3.62. The molecule has 2 nitrogen and oxygen atoms in total. The fourth-order valence-corrected chi connectivity index (χ4v) is 1.93.